The number of nitro benzene ring substituents is 1. The lowest BCUT2D eigenvalue weighted by atomic mass is 10.0. The molecule has 0 saturated heterocycles. The van der Waals surface area contributed by atoms with Crippen molar-refractivity contribution < 1.29 is 4.92 Å². The molecule has 0 saturated carbocycles. The summed E-state index contributed by atoms with van der Waals surface area (Å²) in [5, 5.41) is 24.5. The van der Waals surface area contributed by atoms with Gasteiger partial charge >= 0.3 is 0 Å². The van der Waals surface area contributed by atoms with Crippen LogP contribution in [-0.4, -0.2) is 24.7 Å². The molecule has 176 valence electrons. The predicted octanol–water partition coefficient (Wildman–Crippen LogP) is 6.69. The molecule has 6 rings (SSSR count). The molecule has 7 nitrogen and oxygen atoms in total. The number of fused-ring (bicyclic) bond motifs is 2. The van der Waals surface area contributed by atoms with Gasteiger partial charge in [-0.25, -0.2) is 0 Å². The Morgan fingerprint density at radius 3 is 2.53 bits per heavy atom. The molecule has 1 N–H and O–H groups in total. The first-order valence-electron chi connectivity index (χ1n) is 11.5. The average Bonchev–Trinajstić information content (AvgIpc) is 3.51. The summed E-state index contributed by atoms with van der Waals surface area (Å²) >= 11 is 1.60. The molecule has 8 heteroatoms. The lowest BCUT2D eigenvalue weighted by molar-refractivity contribution is -0.384. The van der Waals surface area contributed by atoms with Crippen molar-refractivity contribution in [2.75, 3.05) is 0 Å². The van der Waals surface area contributed by atoms with Crippen LogP contribution in [0.3, 0.4) is 0 Å². The maximum Gasteiger partial charge on any atom is 0.271 e. The first-order valence-corrected chi connectivity index (χ1v) is 12.5. The Labute approximate surface area is 211 Å². The number of aromatic amines is 1. The third kappa shape index (κ3) is 4.12. The molecule has 0 amide bonds. The fourth-order valence-electron chi connectivity index (χ4n) is 4.51. The van der Waals surface area contributed by atoms with E-state index in [0.717, 1.165) is 33.1 Å². The molecule has 0 aliphatic carbocycles. The number of H-pyrrole nitrogens is 1. The van der Waals surface area contributed by atoms with Crippen LogP contribution in [0.1, 0.15) is 17.0 Å². The number of nitrogens with zero attached hydrogens (tertiary/aromatic N) is 4. The Bertz CT molecular complexity index is 1700. The highest BCUT2D eigenvalue weighted by molar-refractivity contribution is 7.98. The van der Waals surface area contributed by atoms with Gasteiger partial charge in [0.25, 0.3) is 5.69 Å². The normalized spacial score (nSPS) is 11.3. The fourth-order valence-corrected chi connectivity index (χ4v) is 5.47. The van der Waals surface area contributed by atoms with E-state index in [9.17, 15) is 10.1 Å². The molecule has 0 bridgehead atoms. The van der Waals surface area contributed by atoms with E-state index in [-0.39, 0.29) is 10.6 Å². The Morgan fingerprint density at radius 2 is 1.67 bits per heavy atom. The second-order valence-corrected chi connectivity index (χ2v) is 9.42. The average molecular weight is 492 g/mol. The van der Waals surface area contributed by atoms with E-state index in [0.29, 0.717) is 12.2 Å². The minimum atomic E-state index is -0.380. The molecule has 0 atom stereocenters. The lowest BCUT2D eigenvalue weighted by Crippen LogP contribution is -2.04. The predicted molar refractivity (Wildman–Crippen MR) is 143 cm³/mol. The number of rotatable bonds is 7. The number of thioether (sulfide) groups is 1. The first kappa shape index (κ1) is 22.1. The Morgan fingerprint density at radius 1 is 0.861 bits per heavy atom. The monoisotopic (exact) mass is 491 g/mol. The summed E-state index contributed by atoms with van der Waals surface area (Å²) in [6, 6.07) is 29.8. The molecule has 4 aromatic carbocycles. The zero-order chi connectivity index (χ0) is 24.5. The van der Waals surface area contributed by atoms with Gasteiger partial charge in [0.15, 0.2) is 5.16 Å². The smallest absolute Gasteiger partial charge is 0.271 e. The van der Waals surface area contributed by atoms with Crippen LogP contribution in [0.4, 0.5) is 5.69 Å². The van der Waals surface area contributed by atoms with Crippen molar-refractivity contribution in [3.05, 3.63) is 124 Å². The number of benzene rings is 4. The van der Waals surface area contributed by atoms with E-state index < -0.39 is 0 Å². The second kappa shape index (κ2) is 9.31. The molecule has 2 heterocycles. The standard InChI is InChI=1S/C28H21N5O2S/c34-33(35)23-13-14-25-21(17-29-26(25)16-23)18-36-28-31-30-27(32(28)22-10-2-1-3-11-22)15-20-9-6-8-19-7-4-5-12-24(19)20/h1-14,16-17,29H,15,18H2. The molecule has 0 spiro atoms. The number of para-hydroxylation sites is 1. The number of hydrogen-bond donors (Lipinski definition) is 1. The Hall–Kier alpha value is -4.43. The van der Waals surface area contributed by atoms with Gasteiger partial charge in [0.1, 0.15) is 5.82 Å². The van der Waals surface area contributed by atoms with Crippen LogP contribution in [0.5, 0.6) is 0 Å². The largest absolute Gasteiger partial charge is 0.361 e. The summed E-state index contributed by atoms with van der Waals surface area (Å²) in [5.74, 6) is 1.52. The van der Waals surface area contributed by atoms with Crippen LogP contribution in [0, 0.1) is 10.1 Å². The quantitative estimate of drug-likeness (QED) is 0.153. The summed E-state index contributed by atoms with van der Waals surface area (Å²) in [5.41, 5.74) is 4.09. The summed E-state index contributed by atoms with van der Waals surface area (Å²) < 4.78 is 2.12. The van der Waals surface area contributed by atoms with Gasteiger partial charge in [0.2, 0.25) is 0 Å². The maximum absolute atomic E-state index is 11.1. The van der Waals surface area contributed by atoms with Crippen LogP contribution in [0.25, 0.3) is 27.4 Å². The summed E-state index contributed by atoms with van der Waals surface area (Å²) in [6.07, 6.45) is 2.56. The summed E-state index contributed by atoms with van der Waals surface area (Å²) in [7, 11) is 0. The number of hydrogen-bond acceptors (Lipinski definition) is 5. The number of nitro groups is 1. The molecule has 2 aromatic heterocycles. The highest BCUT2D eigenvalue weighted by Crippen LogP contribution is 2.31. The van der Waals surface area contributed by atoms with Crippen molar-refractivity contribution in [2.45, 2.75) is 17.3 Å². The van der Waals surface area contributed by atoms with Crippen LogP contribution < -0.4 is 0 Å². The summed E-state index contributed by atoms with van der Waals surface area (Å²) in [4.78, 5) is 13.9. The van der Waals surface area contributed by atoms with Crippen molar-refractivity contribution in [2.24, 2.45) is 0 Å². The van der Waals surface area contributed by atoms with E-state index in [2.05, 4.69) is 74.3 Å². The van der Waals surface area contributed by atoms with E-state index in [4.69, 9.17) is 0 Å². The van der Waals surface area contributed by atoms with Gasteiger partial charge in [0.05, 0.1) is 10.4 Å². The first-order chi connectivity index (χ1) is 17.7. The molecule has 0 radical (unpaired) electrons. The van der Waals surface area contributed by atoms with Gasteiger partial charge < -0.3 is 4.98 Å². The van der Waals surface area contributed by atoms with Gasteiger partial charge in [-0.05, 0) is 40.1 Å². The van der Waals surface area contributed by atoms with E-state index in [1.807, 2.05) is 24.4 Å². The Kier molecular flexibility index (Phi) is 5.71. The van der Waals surface area contributed by atoms with Crippen molar-refractivity contribution in [3.63, 3.8) is 0 Å². The van der Waals surface area contributed by atoms with Gasteiger partial charge in [0, 0.05) is 41.6 Å². The van der Waals surface area contributed by atoms with Gasteiger partial charge in [-0.1, -0.05) is 72.4 Å². The van der Waals surface area contributed by atoms with Crippen molar-refractivity contribution >= 4 is 39.1 Å². The molecule has 0 aliphatic heterocycles. The van der Waals surface area contributed by atoms with Gasteiger partial charge in [-0.15, -0.1) is 10.2 Å². The van der Waals surface area contributed by atoms with E-state index in [1.54, 1.807) is 30.0 Å². The highest BCUT2D eigenvalue weighted by atomic mass is 32.2. The molecular formula is C28H21N5O2S. The van der Waals surface area contributed by atoms with E-state index in [1.165, 1.54) is 16.3 Å². The third-order valence-corrected chi connectivity index (χ3v) is 7.24. The number of nitrogens with one attached hydrogen (secondary N) is 1. The highest BCUT2D eigenvalue weighted by Gasteiger charge is 2.17. The molecule has 0 aliphatic rings. The zero-order valence-electron chi connectivity index (χ0n) is 19.2. The Balaban J connectivity index is 1.34. The SMILES string of the molecule is O=[N+]([O-])c1ccc2c(CSc3nnc(Cc4cccc5ccccc45)n3-c3ccccc3)c[nH]c2c1. The van der Waals surface area contributed by atoms with Gasteiger partial charge in [-0.2, -0.15) is 0 Å². The molecule has 36 heavy (non-hydrogen) atoms. The minimum absolute atomic E-state index is 0.0745. The molecule has 0 fully saturated rings. The van der Waals surface area contributed by atoms with Crippen LogP contribution in [0.2, 0.25) is 0 Å². The topological polar surface area (TPSA) is 89.6 Å². The second-order valence-electron chi connectivity index (χ2n) is 8.47. The number of non-ortho nitro benzene ring substituents is 1. The lowest BCUT2D eigenvalue weighted by Gasteiger charge is -2.11. The molecular weight excluding hydrogens is 470 g/mol. The van der Waals surface area contributed by atoms with Crippen molar-refractivity contribution in [3.8, 4) is 5.69 Å². The maximum atomic E-state index is 11.1. The molecule has 6 aromatic rings. The zero-order valence-corrected chi connectivity index (χ0v) is 20.0. The molecule has 0 unspecified atom stereocenters. The van der Waals surface area contributed by atoms with Crippen LogP contribution in [0.15, 0.2) is 102 Å². The van der Waals surface area contributed by atoms with Crippen molar-refractivity contribution in [1.29, 1.82) is 0 Å². The van der Waals surface area contributed by atoms with E-state index >= 15 is 0 Å². The van der Waals surface area contributed by atoms with Gasteiger partial charge in [-0.3, -0.25) is 14.7 Å². The third-order valence-electron chi connectivity index (χ3n) is 6.26. The van der Waals surface area contributed by atoms with Crippen LogP contribution >= 0.6 is 11.8 Å². The van der Waals surface area contributed by atoms with Crippen molar-refractivity contribution in [1.82, 2.24) is 19.7 Å². The van der Waals surface area contributed by atoms with Crippen LogP contribution in [-0.2, 0) is 12.2 Å². The summed E-state index contributed by atoms with van der Waals surface area (Å²) in [6.45, 7) is 0. The fraction of sp³-hybridized carbons (Fsp3) is 0.0714. The minimum Gasteiger partial charge on any atom is -0.361 e. The number of aromatic nitrogens is 4.